The number of nitrogens with zero attached hydrogens (tertiary/aromatic N) is 1. The highest BCUT2D eigenvalue weighted by Gasteiger charge is 2.06. The van der Waals surface area contributed by atoms with E-state index in [1.54, 1.807) is 0 Å². The van der Waals surface area contributed by atoms with Gasteiger partial charge in [-0.3, -0.25) is 0 Å². The molecule has 0 aliphatic heterocycles. The quantitative estimate of drug-likeness (QED) is 0.0583. The molecule has 0 atom stereocenters. The molecule has 0 aliphatic rings. The van der Waals surface area contributed by atoms with Crippen molar-refractivity contribution in [2.45, 2.75) is 213 Å². The van der Waals surface area contributed by atoms with Gasteiger partial charge in [0, 0.05) is 36.9 Å². The van der Waals surface area contributed by atoms with Gasteiger partial charge in [-0.2, -0.15) is 35.3 Å². The van der Waals surface area contributed by atoms with Gasteiger partial charge in [-0.05, 0) is 36.5 Å². The molecule has 0 aromatic rings. The second-order valence-electron chi connectivity index (χ2n) is 14.2. The van der Waals surface area contributed by atoms with Gasteiger partial charge in [-0.25, -0.2) is 0 Å². The van der Waals surface area contributed by atoms with Crippen LogP contribution in [0.4, 0.5) is 0 Å². The van der Waals surface area contributed by atoms with Gasteiger partial charge in [-0.15, -0.1) is 0 Å². The molecule has 0 heterocycles. The third-order valence-corrected chi connectivity index (χ3v) is 12.7. The highest BCUT2D eigenvalue weighted by Crippen LogP contribution is 2.16. The van der Waals surface area contributed by atoms with Gasteiger partial charge in [0.2, 0.25) is 0 Å². The summed E-state index contributed by atoms with van der Waals surface area (Å²) in [5.74, 6) is 8.15. The van der Waals surface area contributed by atoms with Crippen molar-refractivity contribution < 1.29 is 0 Å². The monoisotopic (exact) mass is 702 g/mol. The molecule has 0 bridgehead atoms. The van der Waals surface area contributed by atoms with Crippen molar-refractivity contribution in [2.75, 3.05) is 54.2 Å². The topological polar surface area (TPSA) is 3.24 Å². The molecule has 0 radical (unpaired) electrons. The first kappa shape index (κ1) is 47.0. The van der Waals surface area contributed by atoms with E-state index < -0.39 is 0 Å². The lowest BCUT2D eigenvalue weighted by atomic mass is 10.1. The van der Waals surface area contributed by atoms with E-state index in [0.717, 1.165) is 0 Å². The Bertz CT molecular complexity index is 446. The third-order valence-electron chi connectivity index (χ3n) is 9.58. The number of thioether (sulfide) groups is 3. The molecular weight excluding hydrogens is 615 g/mol. The van der Waals surface area contributed by atoms with Crippen LogP contribution in [0.1, 0.15) is 213 Å². The minimum absolute atomic E-state index is 1.31. The molecule has 0 aliphatic carbocycles. The second kappa shape index (κ2) is 44.0. The van der Waals surface area contributed by atoms with Crippen LogP contribution in [0.5, 0.6) is 0 Å². The lowest BCUT2D eigenvalue weighted by Crippen LogP contribution is -2.31. The molecule has 4 heteroatoms. The normalized spacial score (nSPS) is 11.7. The highest BCUT2D eigenvalue weighted by atomic mass is 32.2. The van der Waals surface area contributed by atoms with Crippen LogP contribution < -0.4 is 0 Å². The van der Waals surface area contributed by atoms with Crippen molar-refractivity contribution >= 4 is 35.3 Å². The van der Waals surface area contributed by atoms with Gasteiger partial charge in [0.15, 0.2) is 0 Å². The van der Waals surface area contributed by atoms with Gasteiger partial charge in [0.25, 0.3) is 0 Å². The predicted molar refractivity (Wildman–Crippen MR) is 224 cm³/mol. The molecule has 0 saturated carbocycles. The molecule has 0 saturated heterocycles. The summed E-state index contributed by atoms with van der Waals surface area (Å²) < 4.78 is 0. The molecule has 0 aromatic heterocycles. The molecule has 0 amide bonds. The van der Waals surface area contributed by atoms with Gasteiger partial charge in [0.05, 0.1) is 0 Å². The van der Waals surface area contributed by atoms with Gasteiger partial charge >= 0.3 is 0 Å². The predicted octanol–water partition coefficient (Wildman–Crippen LogP) is 15.3. The van der Waals surface area contributed by atoms with Crippen molar-refractivity contribution in [3.63, 3.8) is 0 Å². The number of rotatable bonds is 42. The summed E-state index contributed by atoms with van der Waals surface area (Å²) >= 11 is 6.68. The maximum absolute atomic E-state index is 2.81. The fourth-order valence-electron chi connectivity index (χ4n) is 6.30. The highest BCUT2D eigenvalue weighted by molar-refractivity contribution is 7.99. The van der Waals surface area contributed by atoms with Crippen LogP contribution in [0.15, 0.2) is 0 Å². The van der Waals surface area contributed by atoms with Crippen LogP contribution in [0.2, 0.25) is 0 Å². The smallest absolute Gasteiger partial charge is 0.00730 e. The molecule has 1 nitrogen and oxygen atoms in total. The van der Waals surface area contributed by atoms with E-state index in [9.17, 15) is 0 Å². The summed E-state index contributed by atoms with van der Waals surface area (Å²) in [6, 6.07) is 0. The van der Waals surface area contributed by atoms with Gasteiger partial charge in [-0.1, -0.05) is 194 Å². The lowest BCUT2D eigenvalue weighted by Gasteiger charge is -2.22. The first-order valence-electron chi connectivity index (χ1n) is 21.3. The van der Waals surface area contributed by atoms with Crippen LogP contribution in [0.25, 0.3) is 0 Å². The van der Waals surface area contributed by atoms with E-state index in [2.05, 4.69) is 61.0 Å². The summed E-state index contributed by atoms with van der Waals surface area (Å²) in [5, 5.41) is 0. The standard InChI is InChI=1S/C42H87NS3/c1-4-7-10-13-16-19-22-25-28-31-37-44-40-34-43(35-41-45-38-32-29-26-23-20-17-14-11-8-5-2)36-42-46-39-33-30-27-24-21-18-15-12-9-6-3/h4-42H2,1-3H3. The van der Waals surface area contributed by atoms with E-state index in [0.29, 0.717) is 0 Å². The zero-order chi connectivity index (χ0) is 33.3. The number of hydrogen-bond acceptors (Lipinski definition) is 4. The largest absolute Gasteiger partial charge is 0.301 e. The van der Waals surface area contributed by atoms with Gasteiger partial charge < -0.3 is 4.90 Å². The van der Waals surface area contributed by atoms with E-state index in [1.807, 2.05) is 0 Å². The third kappa shape index (κ3) is 41.2. The molecule has 0 aromatic carbocycles. The summed E-state index contributed by atoms with van der Waals surface area (Å²) in [5.41, 5.74) is 0. The average molecular weight is 702 g/mol. The molecular formula is C42H87NS3. The maximum Gasteiger partial charge on any atom is 0.00730 e. The van der Waals surface area contributed by atoms with Crippen molar-refractivity contribution in [1.29, 1.82) is 0 Å². The maximum atomic E-state index is 2.81. The molecule has 278 valence electrons. The zero-order valence-electron chi connectivity index (χ0n) is 32.2. The van der Waals surface area contributed by atoms with Crippen LogP contribution in [-0.4, -0.2) is 59.1 Å². The minimum Gasteiger partial charge on any atom is -0.301 e. The van der Waals surface area contributed by atoms with Gasteiger partial charge in [0.1, 0.15) is 0 Å². The van der Waals surface area contributed by atoms with Crippen LogP contribution in [-0.2, 0) is 0 Å². The fourth-order valence-corrected chi connectivity index (χ4v) is 9.30. The summed E-state index contributed by atoms with van der Waals surface area (Å²) in [7, 11) is 0. The Balaban J connectivity index is 3.91. The SMILES string of the molecule is CCCCCCCCCCCCSCCN(CCSCCCCCCCCCCCC)CCSCCCCCCCCCCCC. The molecule has 46 heavy (non-hydrogen) atoms. The average Bonchev–Trinajstić information content (AvgIpc) is 3.07. The van der Waals surface area contributed by atoms with Crippen molar-refractivity contribution in [3.8, 4) is 0 Å². The Morgan fingerprint density at radius 1 is 0.239 bits per heavy atom. The Morgan fingerprint density at radius 3 is 0.652 bits per heavy atom. The first-order chi connectivity index (χ1) is 22.8. The van der Waals surface area contributed by atoms with E-state index in [4.69, 9.17) is 0 Å². The Hall–Kier alpha value is 1.01. The molecule has 0 unspecified atom stereocenters. The Morgan fingerprint density at radius 2 is 0.435 bits per heavy atom. The number of unbranched alkanes of at least 4 members (excludes halogenated alkanes) is 27. The summed E-state index contributed by atoms with van der Waals surface area (Å²) in [6.07, 6.45) is 43.5. The summed E-state index contributed by atoms with van der Waals surface area (Å²) in [4.78, 5) is 2.81. The van der Waals surface area contributed by atoms with Crippen LogP contribution in [0, 0.1) is 0 Å². The molecule has 0 N–H and O–H groups in total. The van der Waals surface area contributed by atoms with Crippen molar-refractivity contribution in [1.82, 2.24) is 4.90 Å². The van der Waals surface area contributed by atoms with Crippen LogP contribution >= 0.6 is 35.3 Å². The van der Waals surface area contributed by atoms with Crippen molar-refractivity contribution in [2.24, 2.45) is 0 Å². The Labute approximate surface area is 306 Å². The van der Waals surface area contributed by atoms with Crippen molar-refractivity contribution in [3.05, 3.63) is 0 Å². The van der Waals surface area contributed by atoms with E-state index in [1.165, 1.54) is 247 Å². The number of hydrogen-bond donors (Lipinski definition) is 0. The van der Waals surface area contributed by atoms with E-state index >= 15 is 0 Å². The second-order valence-corrected chi connectivity index (χ2v) is 17.9. The van der Waals surface area contributed by atoms with Crippen LogP contribution in [0.3, 0.4) is 0 Å². The first-order valence-corrected chi connectivity index (χ1v) is 24.8. The Kier molecular flexibility index (Phi) is 45.0. The molecule has 0 fully saturated rings. The molecule has 0 spiro atoms. The zero-order valence-corrected chi connectivity index (χ0v) is 34.7. The van der Waals surface area contributed by atoms with E-state index in [-0.39, 0.29) is 0 Å². The fraction of sp³-hybridized carbons (Fsp3) is 1.00. The lowest BCUT2D eigenvalue weighted by molar-refractivity contribution is 0.329. The minimum atomic E-state index is 1.31. The molecule has 0 rings (SSSR count). The summed E-state index contributed by atoms with van der Waals surface area (Å²) in [6.45, 7) is 10.9.